The summed E-state index contributed by atoms with van der Waals surface area (Å²) in [6.45, 7) is 1.68. The Morgan fingerprint density at radius 2 is 2.14 bits per heavy atom. The average molecular weight is 277 g/mol. The third-order valence-electron chi connectivity index (χ3n) is 3.53. The molecule has 0 fully saturated rings. The Morgan fingerprint density at radius 1 is 1.24 bits per heavy atom. The molecule has 0 saturated carbocycles. The Balaban J connectivity index is 1.90. The zero-order valence-electron chi connectivity index (χ0n) is 11.4. The number of hydrogen-bond donors (Lipinski definition) is 1. The molecule has 103 valence electrons. The van der Waals surface area contributed by atoms with Crippen molar-refractivity contribution in [1.29, 1.82) is 0 Å². The van der Waals surface area contributed by atoms with Crippen LogP contribution in [0.4, 0.5) is 0 Å². The van der Waals surface area contributed by atoms with Crippen LogP contribution in [0.5, 0.6) is 0 Å². The highest BCUT2D eigenvalue weighted by Crippen LogP contribution is 2.21. The van der Waals surface area contributed by atoms with E-state index < -0.39 is 6.23 Å². The molecule has 0 aliphatic heterocycles. The molecule has 2 aromatic carbocycles. The minimum absolute atomic E-state index is 0.639. The van der Waals surface area contributed by atoms with E-state index in [4.69, 9.17) is 0 Å². The van der Waals surface area contributed by atoms with Crippen LogP contribution >= 0.6 is 0 Å². The summed E-state index contributed by atoms with van der Waals surface area (Å²) in [7, 11) is 0. The standard InChI is InChI=1S/C16H13N4O/c1-11(21)19-10-13-6-7-14(8-15(13)18-19)20-16-5-3-2-4-12(16)9-17-20/h2-4,6-11,21H,1H3. The zero-order valence-corrected chi connectivity index (χ0v) is 11.4. The summed E-state index contributed by atoms with van der Waals surface area (Å²) < 4.78 is 3.39. The quantitative estimate of drug-likeness (QED) is 0.613. The Labute approximate surface area is 121 Å². The number of rotatable bonds is 2. The van der Waals surface area contributed by atoms with Gasteiger partial charge < -0.3 is 5.11 Å². The highest BCUT2D eigenvalue weighted by Gasteiger charge is 2.08. The summed E-state index contributed by atoms with van der Waals surface area (Å²) in [5.74, 6) is 0. The summed E-state index contributed by atoms with van der Waals surface area (Å²) in [5, 5.41) is 20.4. The molecule has 0 bridgehead atoms. The normalized spacial score (nSPS) is 13.0. The number of aliphatic hydroxyl groups excluding tert-OH is 1. The molecular weight excluding hydrogens is 264 g/mol. The second kappa shape index (κ2) is 4.43. The van der Waals surface area contributed by atoms with Crippen LogP contribution in [0.3, 0.4) is 0 Å². The van der Waals surface area contributed by atoms with Crippen LogP contribution < -0.4 is 0 Å². The summed E-state index contributed by atoms with van der Waals surface area (Å²) in [6.07, 6.45) is 3.02. The molecule has 2 heterocycles. The summed E-state index contributed by atoms with van der Waals surface area (Å²) in [6, 6.07) is 15.0. The van der Waals surface area contributed by atoms with Gasteiger partial charge in [-0.05, 0) is 25.1 Å². The molecule has 21 heavy (non-hydrogen) atoms. The van der Waals surface area contributed by atoms with E-state index in [0.29, 0.717) is 0 Å². The molecule has 1 radical (unpaired) electrons. The Kier molecular flexibility index (Phi) is 2.55. The van der Waals surface area contributed by atoms with Crippen molar-refractivity contribution in [2.24, 2.45) is 0 Å². The molecule has 0 saturated heterocycles. The Bertz CT molecular complexity index is 936. The summed E-state index contributed by atoms with van der Waals surface area (Å²) in [5.41, 5.74) is 2.69. The fourth-order valence-corrected chi connectivity index (χ4v) is 2.45. The Morgan fingerprint density at radius 3 is 3.00 bits per heavy atom. The van der Waals surface area contributed by atoms with Gasteiger partial charge in [-0.15, -0.1) is 0 Å². The van der Waals surface area contributed by atoms with Crippen LogP contribution in [0.1, 0.15) is 13.2 Å². The number of hydrogen-bond acceptors (Lipinski definition) is 3. The zero-order chi connectivity index (χ0) is 14.4. The van der Waals surface area contributed by atoms with Crippen LogP contribution in [0.15, 0.2) is 48.8 Å². The largest absolute Gasteiger partial charge is 0.372 e. The fraction of sp³-hybridized carbons (Fsp3) is 0.125. The predicted octanol–water partition coefficient (Wildman–Crippen LogP) is 2.69. The maximum Gasteiger partial charge on any atom is 0.144 e. The van der Waals surface area contributed by atoms with Crippen LogP contribution in [0.2, 0.25) is 0 Å². The molecule has 0 amide bonds. The minimum atomic E-state index is -0.639. The third kappa shape index (κ3) is 1.90. The van der Waals surface area contributed by atoms with Crippen molar-refractivity contribution in [2.45, 2.75) is 13.2 Å². The monoisotopic (exact) mass is 277 g/mol. The number of fused-ring (bicyclic) bond motifs is 2. The maximum absolute atomic E-state index is 9.60. The minimum Gasteiger partial charge on any atom is -0.372 e. The molecule has 1 N–H and O–H groups in total. The summed E-state index contributed by atoms with van der Waals surface area (Å²) in [4.78, 5) is 0. The van der Waals surface area contributed by atoms with Gasteiger partial charge in [-0.3, -0.25) is 0 Å². The number of para-hydroxylation sites is 1. The second-order valence-electron chi connectivity index (χ2n) is 5.01. The van der Waals surface area contributed by atoms with E-state index in [1.54, 1.807) is 11.6 Å². The van der Waals surface area contributed by atoms with Crippen molar-refractivity contribution in [3.05, 3.63) is 54.9 Å². The van der Waals surface area contributed by atoms with Gasteiger partial charge in [0.05, 0.1) is 22.9 Å². The van der Waals surface area contributed by atoms with Gasteiger partial charge in [0.25, 0.3) is 0 Å². The smallest absolute Gasteiger partial charge is 0.144 e. The molecule has 0 aliphatic carbocycles. The van der Waals surface area contributed by atoms with Crippen molar-refractivity contribution in [1.82, 2.24) is 19.6 Å². The van der Waals surface area contributed by atoms with Gasteiger partial charge in [0.2, 0.25) is 0 Å². The molecule has 4 aromatic rings. The molecule has 0 spiro atoms. The van der Waals surface area contributed by atoms with Gasteiger partial charge in [-0.2, -0.15) is 10.2 Å². The number of benzene rings is 2. The Hall–Kier alpha value is -2.66. The van der Waals surface area contributed by atoms with Gasteiger partial charge >= 0.3 is 0 Å². The van der Waals surface area contributed by atoms with E-state index in [9.17, 15) is 5.11 Å². The molecule has 5 nitrogen and oxygen atoms in total. The highest BCUT2D eigenvalue weighted by atomic mass is 16.3. The first kappa shape index (κ1) is 12.1. The molecule has 5 heteroatoms. The van der Waals surface area contributed by atoms with Gasteiger partial charge in [0.1, 0.15) is 6.23 Å². The van der Waals surface area contributed by atoms with Crippen LogP contribution in [0.25, 0.3) is 27.5 Å². The highest BCUT2D eigenvalue weighted by molar-refractivity contribution is 5.83. The second-order valence-corrected chi connectivity index (χ2v) is 5.01. The van der Waals surface area contributed by atoms with Crippen molar-refractivity contribution >= 4 is 21.8 Å². The fourth-order valence-electron chi connectivity index (χ4n) is 2.45. The van der Waals surface area contributed by atoms with E-state index >= 15 is 0 Å². The third-order valence-corrected chi connectivity index (χ3v) is 3.53. The van der Waals surface area contributed by atoms with Crippen LogP contribution in [-0.2, 0) is 0 Å². The van der Waals surface area contributed by atoms with Crippen molar-refractivity contribution in [3.8, 4) is 5.69 Å². The molecule has 4 rings (SSSR count). The topological polar surface area (TPSA) is 55.9 Å². The first-order chi connectivity index (χ1) is 10.2. The van der Waals surface area contributed by atoms with Crippen molar-refractivity contribution in [2.75, 3.05) is 0 Å². The predicted molar refractivity (Wildman–Crippen MR) is 80.1 cm³/mol. The van der Waals surface area contributed by atoms with Crippen molar-refractivity contribution in [3.63, 3.8) is 0 Å². The van der Waals surface area contributed by atoms with E-state index in [1.807, 2.05) is 53.5 Å². The lowest BCUT2D eigenvalue weighted by Crippen LogP contribution is -2.03. The molecule has 1 atom stereocenters. The van der Waals surface area contributed by atoms with Gasteiger partial charge in [0, 0.05) is 23.0 Å². The van der Waals surface area contributed by atoms with E-state index in [-0.39, 0.29) is 0 Å². The maximum atomic E-state index is 9.60. The molecule has 1 unspecified atom stereocenters. The molecular formula is C16H13N4O. The summed E-state index contributed by atoms with van der Waals surface area (Å²) >= 11 is 0. The lowest BCUT2D eigenvalue weighted by atomic mass is 10.2. The first-order valence-corrected chi connectivity index (χ1v) is 6.74. The molecule has 2 aromatic heterocycles. The van der Waals surface area contributed by atoms with Gasteiger partial charge in [0.15, 0.2) is 0 Å². The average Bonchev–Trinajstić information content (AvgIpc) is 3.10. The van der Waals surface area contributed by atoms with E-state index in [2.05, 4.69) is 16.3 Å². The lowest BCUT2D eigenvalue weighted by Gasteiger charge is -2.03. The number of nitrogens with zero attached hydrogens (tertiary/aromatic N) is 4. The van der Waals surface area contributed by atoms with E-state index in [0.717, 1.165) is 27.5 Å². The van der Waals surface area contributed by atoms with Crippen LogP contribution in [0, 0.1) is 6.07 Å². The molecule has 0 aliphatic rings. The van der Waals surface area contributed by atoms with Gasteiger partial charge in [-0.1, -0.05) is 18.2 Å². The number of aromatic nitrogens is 4. The first-order valence-electron chi connectivity index (χ1n) is 6.74. The van der Waals surface area contributed by atoms with Crippen molar-refractivity contribution < 1.29 is 5.11 Å². The van der Waals surface area contributed by atoms with Gasteiger partial charge in [-0.25, -0.2) is 9.36 Å². The lowest BCUT2D eigenvalue weighted by molar-refractivity contribution is 0.111. The van der Waals surface area contributed by atoms with Crippen LogP contribution in [-0.4, -0.2) is 24.7 Å². The van der Waals surface area contributed by atoms with E-state index in [1.165, 1.54) is 0 Å². The SMILES string of the molecule is CC(O)n1cc2ccc(-n3ncc4ccc[c]c43)cc2n1. The number of aliphatic hydroxyl groups is 1.